The lowest BCUT2D eigenvalue weighted by atomic mass is 10.1. The van der Waals surface area contributed by atoms with Crippen molar-refractivity contribution in [3.63, 3.8) is 0 Å². The number of halogens is 4. The van der Waals surface area contributed by atoms with Gasteiger partial charge in [0.05, 0.1) is 27.7 Å². The van der Waals surface area contributed by atoms with E-state index >= 15 is 0 Å². The molecule has 27 heavy (non-hydrogen) atoms. The predicted molar refractivity (Wildman–Crippen MR) is 87.7 cm³/mol. The Morgan fingerprint density at radius 3 is 2.63 bits per heavy atom. The summed E-state index contributed by atoms with van der Waals surface area (Å²) in [5, 5.41) is 13.8. The minimum Gasteiger partial charge on any atom is -0.375 e. The Kier molecular flexibility index (Phi) is 4.52. The molecule has 0 unspecified atom stereocenters. The van der Waals surface area contributed by atoms with Crippen LogP contribution in [0, 0.1) is 15.9 Å². The van der Waals surface area contributed by atoms with Crippen LogP contribution in [0.1, 0.15) is 11.1 Å². The first-order valence-corrected chi connectivity index (χ1v) is 7.42. The normalized spacial score (nSPS) is 11.6. The monoisotopic (exact) mass is 382 g/mol. The number of benzene rings is 2. The van der Waals surface area contributed by atoms with E-state index in [1.165, 1.54) is 6.07 Å². The van der Waals surface area contributed by atoms with E-state index in [9.17, 15) is 32.5 Å². The highest BCUT2D eigenvalue weighted by Gasteiger charge is 2.33. The molecule has 11 heteroatoms. The lowest BCUT2D eigenvalue weighted by Crippen LogP contribution is -2.13. The summed E-state index contributed by atoms with van der Waals surface area (Å²) in [5.74, 6) is -1.05. The third-order valence-electron chi connectivity index (χ3n) is 3.80. The molecule has 0 radical (unpaired) electrons. The lowest BCUT2D eigenvalue weighted by molar-refractivity contribution is -0.383. The molecule has 3 aromatic rings. The molecule has 0 aliphatic carbocycles. The fourth-order valence-electron chi connectivity index (χ4n) is 2.55. The summed E-state index contributed by atoms with van der Waals surface area (Å²) >= 11 is 0. The summed E-state index contributed by atoms with van der Waals surface area (Å²) in [6.45, 7) is -0.454. The molecule has 0 spiro atoms. The second-order valence-corrected chi connectivity index (χ2v) is 5.53. The highest BCUT2D eigenvalue weighted by atomic mass is 19.4. The zero-order valence-electron chi connectivity index (χ0n) is 13.3. The number of H-pyrrole nitrogens is 1. The van der Waals surface area contributed by atoms with Crippen molar-refractivity contribution in [1.29, 1.82) is 0 Å². The van der Waals surface area contributed by atoms with E-state index in [2.05, 4.69) is 15.3 Å². The standard InChI is InChI=1S/C16H10F4N4O3/c17-9-2-1-8(11(3-9)16(18,19)20)6-21-13-5-12-10(4-14(13)24(26)27)15(25)23-7-22-12/h1-5,7,21H,6H2,(H,22,23,25). The molecule has 0 atom stereocenters. The Labute approximate surface area is 147 Å². The van der Waals surface area contributed by atoms with Gasteiger partial charge in [0.1, 0.15) is 11.5 Å². The van der Waals surface area contributed by atoms with Crippen molar-refractivity contribution >= 4 is 22.3 Å². The molecule has 0 aliphatic heterocycles. The number of fused-ring (bicyclic) bond motifs is 1. The smallest absolute Gasteiger partial charge is 0.375 e. The van der Waals surface area contributed by atoms with Crippen LogP contribution in [0.4, 0.5) is 28.9 Å². The quantitative estimate of drug-likeness (QED) is 0.408. The zero-order valence-corrected chi connectivity index (χ0v) is 13.3. The van der Waals surface area contributed by atoms with Gasteiger partial charge in [0.15, 0.2) is 0 Å². The Morgan fingerprint density at radius 2 is 1.96 bits per heavy atom. The minimum atomic E-state index is -4.79. The van der Waals surface area contributed by atoms with E-state index in [1.807, 2.05) is 0 Å². The average Bonchev–Trinajstić information content (AvgIpc) is 2.59. The second-order valence-electron chi connectivity index (χ2n) is 5.53. The van der Waals surface area contributed by atoms with Gasteiger partial charge >= 0.3 is 6.18 Å². The molecule has 1 aromatic heterocycles. The van der Waals surface area contributed by atoms with Crippen LogP contribution in [0.2, 0.25) is 0 Å². The first-order chi connectivity index (χ1) is 12.7. The number of rotatable bonds is 4. The number of nitrogens with one attached hydrogen (secondary N) is 2. The van der Waals surface area contributed by atoms with Crippen LogP contribution in [0.5, 0.6) is 0 Å². The molecular formula is C16H10F4N4O3. The molecule has 3 rings (SSSR count). The van der Waals surface area contributed by atoms with Gasteiger partial charge in [-0.2, -0.15) is 13.2 Å². The van der Waals surface area contributed by atoms with Crippen LogP contribution < -0.4 is 10.9 Å². The fourth-order valence-corrected chi connectivity index (χ4v) is 2.55. The molecule has 140 valence electrons. The Bertz CT molecular complexity index is 1100. The minimum absolute atomic E-state index is 0.0347. The Morgan fingerprint density at radius 1 is 1.22 bits per heavy atom. The summed E-state index contributed by atoms with van der Waals surface area (Å²) in [5.41, 5.74) is -2.57. The van der Waals surface area contributed by atoms with Crippen LogP contribution in [0.3, 0.4) is 0 Å². The van der Waals surface area contributed by atoms with Crippen molar-refractivity contribution in [2.24, 2.45) is 0 Å². The molecule has 7 nitrogen and oxygen atoms in total. The fraction of sp³-hybridized carbons (Fsp3) is 0.125. The first kappa shape index (κ1) is 18.3. The van der Waals surface area contributed by atoms with Gasteiger partial charge in [-0.05, 0) is 23.8 Å². The number of alkyl halides is 3. The molecule has 0 saturated heterocycles. The molecule has 0 bridgehead atoms. The molecule has 2 aromatic carbocycles. The van der Waals surface area contributed by atoms with Gasteiger partial charge in [-0.15, -0.1) is 0 Å². The summed E-state index contributed by atoms with van der Waals surface area (Å²) in [7, 11) is 0. The molecular weight excluding hydrogens is 372 g/mol. The molecule has 0 amide bonds. The van der Waals surface area contributed by atoms with Gasteiger partial charge in [0.2, 0.25) is 0 Å². The maximum atomic E-state index is 13.2. The van der Waals surface area contributed by atoms with E-state index in [4.69, 9.17) is 0 Å². The number of aromatic amines is 1. The number of nitro groups is 1. The van der Waals surface area contributed by atoms with Crippen LogP contribution >= 0.6 is 0 Å². The van der Waals surface area contributed by atoms with Crippen molar-refractivity contribution in [2.75, 3.05) is 5.32 Å². The maximum Gasteiger partial charge on any atom is 0.416 e. The SMILES string of the molecule is O=c1[nH]cnc2cc(NCc3ccc(F)cc3C(F)(F)F)c([N+](=O)[O-])cc12. The van der Waals surface area contributed by atoms with Crippen LogP contribution in [0.15, 0.2) is 41.5 Å². The highest BCUT2D eigenvalue weighted by Crippen LogP contribution is 2.34. The van der Waals surface area contributed by atoms with E-state index in [0.29, 0.717) is 6.07 Å². The lowest BCUT2D eigenvalue weighted by Gasteiger charge is -2.14. The largest absolute Gasteiger partial charge is 0.416 e. The third kappa shape index (κ3) is 3.71. The molecule has 0 saturated carbocycles. The van der Waals surface area contributed by atoms with E-state index in [1.54, 1.807) is 0 Å². The number of hydrogen-bond acceptors (Lipinski definition) is 5. The molecule has 0 aliphatic rings. The summed E-state index contributed by atoms with van der Waals surface area (Å²) in [6.07, 6.45) is -3.69. The molecule has 1 heterocycles. The van der Waals surface area contributed by atoms with Crippen molar-refractivity contribution in [1.82, 2.24) is 9.97 Å². The van der Waals surface area contributed by atoms with Crippen molar-refractivity contribution in [3.05, 3.63) is 74.1 Å². The molecule has 0 fully saturated rings. The third-order valence-corrected chi connectivity index (χ3v) is 3.80. The number of hydrogen-bond donors (Lipinski definition) is 2. The summed E-state index contributed by atoms with van der Waals surface area (Å²) in [4.78, 5) is 28.4. The average molecular weight is 382 g/mol. The first-order valence-electron chi connectivity index (χ1n) is 7.42. The summed E-state index contributed by atoms with van der Waals surface area (Å²) in [6, 6.07) is 4.34. The van der Waals surface area contributed by atoms with Crippen molar-refractivity contribution < 1.29 is 22.5 Å². The van der Waals surface area contributed by atoms with Gasteiger partial charge < -0.3 is 10.3 Å². The van der Waals surface area contributed by atoms with Crippen LogP contribution in [-0.2, 0) is 12.7 Å². The number of aromatic nitrogens is 2. The predicted octanol–water partition coefficient (Wildman–Crippen LogP) is 3.60. The maximum absolute atomic E-state index is 13.2. The van der Waals surface area contributed by atoms with Gasteiger partial charge in [-0.25, -0.2) is 9.37 Å². The number of nitrogens with zero attached hydrogens (tertiary/aromatic N) is 2. The van der Waals surface area contributed by atoms with Gasteiger partial charge in [0.25, 0.3) is 11.2 Å². The number of anilines is 1. The van der Waals surface area contributed by atoms with E-state index < -0.39 is 40.3 Å². The topological polar surface area (TPSA) is 101 Å². The van der Waals surface area contributed by atoms with Crippen molar-refractivity contribution in [3.8, 4) is 0 Å². The van der Waals surface area contributed by atoms with Gasteiger partial charge in [-0.1, -0.05) is 6.07 Å². The van der Waals surface area contributed by atoms with Gasteiger partial charge in [-0.3, -0.25) is 14.9 Å². The second kappa shape index (κ2) is 6.67. The van der Waals surface area contributed by atoms with Gasteiger partial charge in [0, 0.05) is 12.6 Å². The molecule has 2 N–H and O–H groups in total. The Balaban J connectivity index is 2.02. The Hall–Kier alpha value is -3.50. The van der Waals surface area contributed by atoms with Crippen LogP contribution in [-0.4, -0.2) is 14.9 Å². The summed E-state index contributed by atoms with van der Waals surface area (Å²) < 4.78 is 52.4. The van der Waals surface area contributed by atoms with E-state index in [0.717, 1.165) is 24.5 Å². The highest BCUT2D eigenvalue weighted by molar-refractivity contribution is 5.86. The van der Waals surface area contributed by atoms with Crippen LogP contribution in [0.25, 0.3) is 10.9 Å². The zero-order chi connectivity index (χ0) is 19.8. The van der Waals surface area contributed by atoms with E-state index in [-0.39, 0.29) is 22.2 Å². The van der Waals surface area contributed by atoms with Crippen molar-refractivity contribution in [2.45, 2.75) is 12.7 Å². The number of nitro benzene ring substituents is 1.